The van der Waals surface area contributed by atoms with E-state index in [1.165, 1.54) is 0 Å². The molecule has 214 valence electrons. The van der Waals surface area contributed by atoms with Crippen LogP contribution in [0.4, 0.5) is 31.5 Å². The maximum absolute atomic E-state index is 13.2. The monoisotopic (exact) mass is 632 g/mol. The molecule has 17 heteroatoms. The number of anilines is 1. The average molecular weight is 633 g/mol. The summed E-state index contributed by atoms with van der Waals surface area (Å²) in [5.41, 5.74) is -2.93. The van der Waals surface area contributed by atoms with Crippen molar-refractivity contribution >= 4 is 51.5 Å². The fraction of sp³-hybridized carbons (Fsp3) is 0.375. The van der Waals surface area contributed by atoms with E-state index in [2.05, 4.69) is 15.3 Å². The molecular formula is C24H17Cl2F6LiN4O3S. The van der Waals surface area contributed by atoms with Crippen molar-refractivity contribution in [1.82, 2.24) is 15.3 Å². The van der Waals surface area contributed by atoms with E-state index in [1.807, 2.05) is 0 Å². The number of carboxylic acids is 1. The predicted octanol–water partition coefficient (Wildman–Crippen LogP) is 1.95. The molecule has 1 aliphatic carbocycles. The number of aryl methyl sites for hydroxylation is 1. The Morgan fingerprint density at radius 3 is 2.10 bits per heavy atom. The zero-order valence-electron chi connectivity index (χ0n) is 21.1. The maximum Gasteiger partial charge on any atom is 1.00 e. The molecule has 2 N–H and O–H groups in total. The van der Waals surface area contributed by atoms with Gasteiger partial charge in [0, 0.05) is 43.1 Å². The summed E-state index contributed by atoms with van der Waals surface area (Å²) >= 11 is 12.8. The Bertz CT molecular complexity index is 1480. The molecule has 3 heterocycles. The minimum absolute atomic E-state index is 0. The molecule has 1 unspecified atom stereocenters. The number of aromatic carboxylic acids is 1. The van der Waals surface area contributed by atoms with Crippen LogP contribution in [0.2, 0.25) is 10.0 Å². The fourth-order valence-electron chi connectivity index (χ4n) is 4.92. The van der Waals surface area contributed by atoms with Crippen LogP contribution >= 0.6 is 34.5 Å². The van der Waals surface area contributed by atoms with Gasteiger partial charge in [-0.1, -0.05) is 34.5 Å². The number of nitrogens with one attached hydrogen (secondary N) is 2. The van der Waals surface area contributed by atoms with Crippen LogP contribution in [0.15, 0.2) is 18.2 Å². The number of amides is 1. The van der Waals surface area contributed by atoms with Gasteiger partial charge in [-0.15, -0.1) is 0 Å². The Kier molecular flexibility index (Phi) is 8.50. The first kappa shape index (κ1) is 31.6. The van der Waals surface area contributed by atoms with Crippen LogP contribution < -0.4 is 34.2 Å². The quantitative estimate of drug-likeness (QED) is 0.320. The molecule has 7 nitrogen and oxygen atoms in total. The summed E-state index contributed by atoms with van der Waals surface area (Å²) in [4.78, 5) is 32.8. The first-order valence-corrected chi connectivity index (χ1v) is 13.2. The summed E-state index contributed by atoms with van der Waals surface area (Å²) in [5.74, 6) is -2.04. The predicted molar refractivity (Wildman–Crippen MR) is 132 cm³/mol. The third-order valence-corrected chi connectivity index (χ3v) is 9.02. The second-order valence-corrected chi connectivity index (χ2v) is 11.4. The minimum atomic E-state index is -5.04. The summed E-state index contributed by atoms with van der Waals surface area (Å²) in [5, 5.41) is 15.2. The van der Waals surface area contributed by atoms with Crippen molar-refractivity contribution in [2.75, 3.05) is 18.0 Å². The van der Waals surface area contributed by atoms with Crippen molar-refractivity contribution in [2.45, 2.75) is 31.7 Å². The summed E-state index contributed by atoms with van der Waals surface area (Å²) < 4.78 is 79.5. The number of benzene rings is 1. The van der Waals surface area contributed by atoms with Gasteiger partial charge in [0.1, 0.15) is 5.69 Å². The molecule has 5 rings (SSSR count). The molecule has 3 atom stereocenters. The second-order valence-electron chi connectivity index (χ2n) is 9.64. The van der Waals surface area contributed by atoms with E-state index in [4.69, 9.17) is 23.2 Å². The van der Waals surface area contributed by atoms with Crippen LogP contribution in [-0.2, 0) is 18.8 Å². The van der Waals surface area contributed by atoms with Crippen LogP contribution in [0.5, 0.6) is 0 Å². The molecule has 0 bridgehead atoms. The van der Waals surface area contributed by atoms with Crippen molar-refractivity contribution in [2.24, 2.45) is 11.8 Å². The summed E-state index contributed by atoms with van der Waals surface area (Å²) in [6, 6.07) is 0.905. The van der Waals surface area contributed by atoms with E-state index < -0.39 is 47.3 Å². The number of hydrogen-bond acceptors (Lipinski definition) is 6. The minimum Gasteiger partial charge on any atom is -0.544 e. The third-order valence-electron chi connectivity index (χ3n) is 6.93. The van der Waals surface area contributed by atoms with E-state index in [9.17, 15) is 41.0 Å². The van der Waals surface area contributed by atoms with Crippen LogP contribution in [0, 0.1) is 18.8 Å². The number of aromatic nitrogens is 2. The molecule has 1 saturated carbocycles. The average Bonchev–Trinajstić information content (AvgIpc) is 3.21. The molecule has 0 radical (unpaired) electrons. The van der Waals surface area contributed by atoms with E-state index in [0.717, 1.165) is 11.3 Å². The second kappa shape index (κ2) is 11.0. The molecule has 1 amide bonds. The van der Waals surface area contributed by atoms with Gasteiger partial charge in [-0.25, -0.2) is 4.98 Å². The van der Waals surface area contributed by atoms with Gasteiger partial charge in [-0.05, 0) is 30.7 Å². The van der Waals surface area contributed by atoms with Gasteiger partial charge in [-0.3, -0.25) is 4.79 Å². The number of rotatable bonds is 6. The first-order chi connectivity index (χ1) is 18.5. The van der Waals surface area contributed by atoms with Gasteiger partial charge in [0.05, 0.1) is 37.7 Å². The largest absolute Gasteiger partial charge is 1.00 e. The van der Waals surface area contributed by atoms with Gasteiger partial charge in [0.2, 0.25) is 0 Å². The smallest absolute Gasteiger partial charge is 0.544 e. The van der Waals surface area contributed by atoms with Crippen LogP contribution in [0.25, 0.3) is 0 Å². The first-order valence-electron chi connectivity index (χ1n) is 11.6. The van der Waals surface area contributed by atoms with E-state index in [0.29, 0.717) is 30.9 Å². The number of alkyl halides is 6. The number of carbonyl (C=O) groups is 2. The summed E-state index contributed by atoms with van der Waals surface area (Å²) in [6.45, 7) is 2.46. The van der Waals surface area contributed by atoms with Crippen molar-refractivity contribution in [3.05, 3.63) is 66.9 Å². The third kappa shape index (κ3) is 6.22. The number of H-pyrrole nitrogens is 1. The van der Waals surface area contributed by atoms with Gasteiger partial charge < -0.3 is 25.1 Å². The number of halogens is 8. The number of piperidine rings is 1. The molecule has 1 aromatic carbocycles. The molecule has 2 aromatic heterocycles. The molecule has 3 aromatic rings. The Hall–Kier alpha value is -2.37. The van der Waals surface area contributed by atoms with E-state index in [1.54, 1.807) is 11.8 Å². The maximum atomic E-state index is 13.2. The Morgan fingerprint density at radius 2 is 1.63 bits per heavy atom. The van der Waals surface area contributed by atoms with Gasteiger partial charge in [-0.2, -0.15) is 26.3 Å². The number of carbonyl (C=O) groups excluding carboxylic acids is 2. The van der Waals surface area contributed by atoms with Crippen LogP contribution in [0.3, 0.4) is 0 Å². The van der Waals surface area contributed by atoms with Gasteiger partial charge in [0.25, 0.3) is 5.91 Å². The zero-order chi connectivity index (χ0) is 29.3. The molecule has 1 aliphatic heterocycles. The molecule has 2 fully saturated rings. The molecule has 0 spiro atoms. The number of carboxylic acid groups (broad SMARTS) is 1. The Morgan fingerprint density at radius 1 is 1.07 bits per heavy atom. The number of thiazole rings is 1. The Balaban J connectivity index is 0.00000387. The molecule has 2 aliphatic rings. The van der Waals surface area contributed by atoms with Crippen molar-refractivity contribution in [1.29, 1.82) is 0 Å². The topological polar surface area (TPSA) is 101 Å². The zero-order valence-corrected chi connectivity index (χ0v) is 23.5. The van der Waals surface area contributed by atoms with Gasteiger partial charge >= 0.3 is 31.2 Å². The number of hydrogen-bond donors (Lipinski definition) is 2. The van der Waals surface area contributed by atoms with Crippen molar-refractivity contribution in [3.8, 4) is 0 Å². The number of fused-ring (bicyclic) bond motifs is 1. The SMILES string of the molecule is Cc1[nH]c(C(=O)NC2[C@H]3CN(c4nc(Cc5cc(C(F)(F)F)cc(C(F)(F)F)c5)c(C(=O)[O-])s4)C[C@@H]23)c(Cl)c1Cl.[Li+]. The molecule has 41 heavy (non-hydrogen) atoms. The fourth-order valence-corrected chi connectivity index (χ4v) is 6.27. The standard InChI is InChI=1S/C24H18Cl2F6N4O3S.Li/c1-8-15(25)16(26)18(33-8)20(37)35-17-12-6-36(7-13(12)17)22-34-14(19(40-22)21(38)39)4-9-2-10(23(27,28)29)5-11(3-9)24(30,31)32;/h2-3,5,12-13,17,33H,4,6-7H2,1H3,(H,35,37)(H,38,39);/q;+1/p-1/t12-,13+,17?;. The van der Waals surface area contributed by atoms with Crippen molar-refractivity contribution in [3.63, 3.8) is 0 Å². The summed E-state index contributed by atoms with van der Waals surface area (Å²) in [6.07, 6.45) is -10.7. The van der Waals surface area contributed by atoms with Crippen LogP contribution in [0.1, 0.15) is 48.2 Å². The molecular weight excluding hydrogens is 616 g/mol. The van der Waals surface area contributed by atoms with Gasteiger partial charge in [0.15, 0.2) is 5.13 Å². The normalized spacial score (nSPS) is 20.0. The number of aromatic amines is 1. The van der Waals surface area contributed by atoms with E-state index >= 15 is 0 Å². The summed E-state index contributed by atoms with van der Waals surface area (Å²) in [7, 11) is 0. The molecule has 1 saturated heterocycles. The van der Waals surface area contributed by atoms with Crippen LogP contribution in [-0.4, -0.2) is 41.0 Å². The Labute approximate surface area is 254 Å². The number of nitrogens with zero attached hydrogens (tertiary/aromatic N) is 2. The van der Waals surface area contributed by atoms with Crippen molar-refractivity contribution < 1.29 is 59.9 Å². The van der Waals surface area contributed by atoms with E-state index in [-0.39, 0.29) is 74.2 Å².